The standard InChI is InChI=1S/C20H20N2O4/c1-12-7-5-6-8-14(12)19-21-15(20(23)22-19)9-13-10-16(24-2)18(26-4)17(11-13)25-3/h5-11H,1-4H3,(H,21,22,23)/b15-9+. The predicted molar refractivity (Wildman–Crippen MR) is 99.9 cm³/mol. The third kappa shape index (κ3) is 3.26. The Labute approximate surface area is 152 Å². The number of benzene rings is 2. The van der Waals surface area contributed by atoms with Crippen LogP contribution in [0, 0.1) is 6.92 Å². The number of hydrogen-bond donors (Lipinski definition) is 1. The van der Waals surface area contributed by atoms with Crippen molar-refractivity contribution < 1.29 is 19.0 Å². The minimum absolute atomic E-state index is 0.253. The molecule has 0 aliphatic carbocycles. The van der Waals surface area contributed by atoms with Gasteiger partial charge >= 0.3 is 0 Å². The molecule has 0 spiro atoms. The van der Waals surface area contributed by atoms with E-state index in [0.717, 1.165) is 16.7 Å². The molecule has 1 aliphatic rings. The molecular weight excluding hydrogens is 332 g/mol. The maximum Gasteiger partial charge on any atom is 0.275 e. The highest BCUT2D eigenvalue weighted by Gasteiger charge is 2.22. The summed E-state index contributed by atoms with van der Waals surface area (Å²) < 4.78 is 16.0. The molecule has 6 heteroatoms. The summed E-state index contributed by atoms with van der Waals surface area (Å²) in [5.74, 6) is 1.82. The van der Waals surface area contributed by atoms with Crippen molar-refractivity contribution >= 4 is 17.8 Å². The van der Waals surface area contributed by atoms with Crippen LogP contribution in [0.4, 0.5) is 0 Å². The van der Waals surface area contributed by atoms with E-state index in [1.165, 1.54) is 0 Å². The van der Waals surface area contributed by atoms with Gasteiger partial charge in [0.25, 0.3) is 5.91 Å². The lowest BCUT2D eigenvalue weighted by molar-refractivity contribution is -0.115. The summed E-state index contributed by atoms with van der Waals surface area (Å²) in [6.07, 6.45) is 1.69. The number of aryl methyl sites for hydroxylation is 1. The van der Waals surface area contributed by atoms with Crippen molar-refractivity contribution in [3.8, 4) is 17.2 Å². The van der Waals surface area contributed by atoms with Gasteiger partial charge in [-0.15, -0.1) is 0 Å². The molecule has 0 saturated carbocycles. The Morgan fingerprint density at radius 2 is 1.65 bits per heavy atom. The highest BCUT2D eigenvalue weighted by Crippen LogP contribution is 2.38. The van der Waals surface area contributed by atoms with Gasteiger partial charge in [0, 0.05) is 5.56 Å². The number of amides is 1. The first-order chi connectivity index (χ1) is 12.6. The zero-order valence-electron chi connectivity index (χ0n) is 15.1. The van der Waals surface area contributed by atoms with Crippen LogP contribution in [0.3, 0.4) is 0 Å². The van der Waals surface area contributed by atoms with E-state index in [1.807, 2.05) is 31.2 Å². The number of carbonyl (C=O) groups excluding carboxylic acids is 1. The van der Waals surface area contributed by atoms with E-state index in [2.05, 4.69) is 10.3 Å². The molecule has 1 amide bonds. The van der Waals surface area contributed by atoms with Gasteiger partial charge in [-0.3, -0.25) is 4.79 Å². The molecule has 1 N–H and O–H groups in total. The molecule has 0 fully saturated rings. The fourth-order valence-corrected chi connectivity index (χ4v) is 2.78. The molecule has 3 rings (SSSR count). The van der Waals surface area contributed by atoms with Gasteiger partial charge < -0.3 is 19.5 Å². The number of nitrogens with one attached hydrogen (secondary N) is 1. The van der Waals surface area contributed by atoms with Gasteiger partial charge in [0.1, 0.15) is 11.5 Å². The topological polar surface area (TPSA) is 69.2 Å². The number of ether oxygens (including phenoxy) is 3. The number of aliphatic imine (C=N–C) groups is 1. The molecule has 2 aromatic rings. The van der Waals surface area contributed by atoms with Gasteiger partial charge in [0.15, 0.2) is 11.5 Å². The smallest absolute Gasteiger partial charge is 0.275 e. The minimum atomic E-state index is -0.253. The van der Waals surface area contributed by atoms with Crippen LogP contribution in [0.2, 0.25) is 0 Å². The van der Waals surface area contributed by atoms with Gasteiger partial charge in [-0.25, -0.2) is 4.99 Å². The maximum atomic E-state index is 12.3. The van der Waals surface area contributed by atoms with Crippen molar-refractivity contribution in [2.24, 2.45) is 4.99 Å². The minimum Gasteiger partial charge on any atom is -0.493 e. The SMILES string of the molecule is COc1cc(/C=C2/N=C(c3ccccc3C)NC2=O)cc(OC)c1OC. The Bertz CT molecular complexity index is 891. The lowest BCUT2D eigenvalue weighted by atomic mass is 10.1. The highest BCUT2D eigenvalue weighted by molar-refractivity contribution is 6.20. The van der Waals surface area contributed by atoms with Crippen LogP contribution >= 0.6 is 0 Å². The Balaban J connectivity index is 2.02. The molecule has 6 nitrogen and oxygen atoms in total. The molecule has 0 unspecified atom stereocenters. The van der Waals surface area contributed by atoms with Crippen LogP contribution < -0.4 is 19.5 Å². The van der Waals surface area contributed by atoms with Gasteiger partial charge in [0.05, 0.1) is 21.3 Å². The second kappa shape index (κ2) is 7.31. The Kier molecular flexibility index (Phi) is 4.93. The molecule has 0 bridgehead atoms. The van der Waals surface area contributed by atoms with Crippen LogP contribution in [0.25, 0.3) is 6.08 Å². The molecule has 1 heterocycles. The lowest BCUT2D eigenvalue weighted by Crippen LogP contribution is -2.25. The van der Waals surface area contributed by atoms with Crippen molar-refractivity contribution in [1.29, 1.82) is 0 Å². The van der Waals surface area contributed by atoms with Crippen LogP contribution in [-0.4, -0.2) is 33.1 Å². The van der Waals surface area contributed by atoms with Crippen molar-refractivity contribution in [2.75, 3.05) is 21.3 Å². The van der Waals surface area contributed by atoms with E-state index in [-0.39, 0.29) is 5.91 Å². The molecule has 0 aromatic heterocycles. The molecule has 134 valence electrons. The number of methoxy groups -OCH3 is 3. The van der Waals surface area contributed by atoms with Crippen LogP contribution in [0.1, 0.15) is 16.7 Å². The van der Waals surface area contributed by atoms with E-state index in [9.17, 15) is 4.79 Å². The third-order valence-corrected chi connectivity index (χ3v) is 4.09. The van der Waals surface area contributed by atoms with Crippen molar-refractivity contribution in [3.05, 3.63) is 58.8 Å². The zero-order chi connectivity index (χ0) is 18.7. The Morgan fingerprint density at radius 1 is 1.00 bits per heavy atom. The molecule has 2 aromatic carbocycles. The average molecular weight is 352 g/mol. The first-order valence-electron chi connectivity index (χ1n) is 8.05. The fraction of sp³-hybridized carbons (Fsp3) is 0.200. The van der Waals surface area contributed by atoms with Gasteiger partial charge in [-0.1, -0.05) is 24.3 Å². The predicted octanol–water partition coefficient (Wildman–Crippen LogP) is 2.94. The van der Waals surface area contributed by atoms with E-state index in [1.54, 1.807) is 39.5 Å². The van der Waals surface area contributed by atoms with Crippen LogP contribution in [0.15, 0.2) is 47.1 Å². The third-order valence-electron chi connectivity index (χ3n) is 4.09. The maximum absolute atomic E-state index is 12.3. The van der Waals surface area contributed by atoms with Crippen molar-refractivity contribution in [3.63, 3.8) is 0 Å². The van der Waals surface area contributed by atoms with Gasteiger partial charge in [0.2, 0.25) is 5.75 Å². The molecule has 26 heavy (non-hydrogen) atoms. The summed E-state index contributed by atoms with van der Waals surface area (Å²) in [4.78, 5) is 16.8. The molecule has 0 radical (unpaired) electrons. The normalized spacial score (nSPS) is 14.8. The van der Waals surface area contributed by atoms with Crippen LogP contribution in [-0.2, 0) is 4.79 Å². The van der Waals surface area contributed by atoms with E-state index in [4.69, 9.17) is 14.2 Å². The largest absolute Gasteiger partial charge is 0.493 e. The number of carbonyl (C=O) groups is 1. The first-order valence-corrected chi connectivity index (χ1v) is 8.05. The van der Waals surface area contributed by atoms with E-state index < -0.39 is 0 Å². The quantitative estimate of drug-likeness (QED) is 0.840. The van der Waals surface area contributed by atoms with E-state index >= 15 is 0 Å². The average Bonchev–Trinajstić information content (AvgIpc) is 3.01. The second-order valence-electron chi connectivity index (χ2n) is 5.72. The second-order valence-corrected chi connectivity index (χ2v) is 5.72. The molecule has 0 atom stereocenters. The Morgan fingerprint density at radius 3 is 2.23 bits per heavy atom. The first kappa shape index (κ1) is 17.5. The summed E-state index contributed by atoms with van der Waals surface area (Å²) >= 11 is 0. The van der Waals surface area contributed by atoms with Crippen molar-refractivity contribution in [2.45, 2.75) is 6.92 Å². The van der Waals surface area contributed by atoms with Crippen LogP contribution in [0.5, 0.6) is 17.2 Å². The zero-order valence-corrected chi connectivity index (χ0v) is 15.1. The number of nitrogens with zero attached hydrogens (tertiary/aromatic N) is 1. The number of amidine groups is 1. The highest BCUT2D eigenvalue weighted by atomic mass is 16.5. The summed E-state index contributed by atoms with van der Waals surface area (Å²) in [5.41, 5.74) is 2.98. The summed E-state index contributed by atoms with van der Waals surface area (Å²) in [6.45, 7) is 1.98. The van der Waals surface area contributed by atoms with Gasteiger partial charge in [-0.2, -0.15) is 0 Å². The summed E-state index contributed by atoms with van der Waals surface area (Å²) in [6, 6.07) is 11.3. The monoisotopic (exact) mass is 352 g/mol. The lowest BCUT2D eigenvalue weighted by Gasteiger charge is -2.12. The summed E-state index contributed by atoms with van der Waals surface area (Å²) in [7, 11) is 4.64. The molecule has 1 aliphatic heterocycles. The fourth-order valence-electron chi connectivity index (χ4n) is 2.78. The Hall–Kier alpha value is -3.28. The number of rotatable bonds is 5. The van der Waals surface area contributed by atoms with Crippen molar-refractivity contribution in [1.82, 2.24) is 5.32 Å². The number of hydrogen-bond acceptors (Lipinski definition) is 5. The van der Waals surface area contributed by atoms with Gasteiger partial charge in [-0.05, 0) is 36.3 Å². The summed E-state index contributed by atoms with van der Waals surface area (Å²) in [5, 5.41) is 2.82. The molecular formula is C20H20N2O4. The molecule has 0 saturated heterocycles. The van der Waals surface area contributed by atoms with E-state index in [0.29, 0.717) is 28.8 Å².